The van der Waals surface area contributed by atoms with Crippen LogP contribution in [0.15, 0.2) is 97.2 Å². The van der Waals surface area contributed by atoms with Crippen LogP contribution in [0.2, 0.25) is 0 Å². The van der Waals surface area contributed by atoms with Crippen molar-refractivity contribution in [2.75, 3.05) is 25.5 Å². The molecule has 1 N–H and O–H groups in total. The summed E-state index contributed by atoms with van der Waals surface area (Å²) >= 11 is 0. The number of hydrogen-bond donors (Lipinski definition) is 1. The molecule has 4 aromatic rings. The first-order valence-electron chi connectivity index (χ1n) is 13.1. The second-order valence-electron chi connectivity index (χ2n) is 9.85. The summed E-state index contributed by atoms with van der Waals surface area (Å²) in [5, 5.41) is 7.93. The number of amides is 1. The Morgan fingerprint density at radius 1 is 1.05 bits per heavy atom. The van der Waals surface area contributed by atoms with E-state index in [0.717, 1.165) is 29.1 Å². The molecular weight excluding hydrogens is 469 g/mol. The minimum Gasteiger partial charge on any atom is -0.370 e. The minimum atomic E-state index is -0.329. The van der Waals surface area contributed by atoms with Crippen molar-refractivity contribution in [1.29, 1.82) is 0 Å². The first-order valence-corrected chi connectivity index (χ1v) is 13.1. The monoisotopic (exact) mass is 501 g/mol. The van der Waals surface area contributed by atoms with Crippen molar-refractivity contribution in [3.05, 3.63) is 114 Å². The highest BCUT2D eigenvalue weighted by Gasteiger charge is 2.25. The highest BCUT2D eigenvalue weighted by molar-refractivity contribution is 6.36. The van der Waals surface area contributed by atoms with Crippen LogP contribution in [0.3, 0.4) is 0 Å². The zero-order valence-corrected chi connectivity index (χ0v) is 21.9. The zero-order valence-electron chi connectivity index (χ0n) is 21.9. The van der Waals surface area contributed by atoms with Gasteiger partial charge in [0.1, 0.15) is 13.7 Å². The molecule has 0 aliphatic heterocycles. The van der Waals surface area contributed by atoms with Crippen LogP contribution in [0.4, 0.5) is 5.82 Å². The van der Waals surface area contributed by atoms with E-state index in [1.807, 2.05) is 72.6 Å². The number of anilines is 1. The van der Waals surface area contributed by atoms with E-state index in [-0.39, 0.29) is 17.7 Å². The smallest absolute Gasteiger partial charge is 0.234 e. The minimum absolute atomic E-state index is 0.0852. The number of allylic oxidation sites excluding steroid dienone is 4. The van der Waals surface area contributed by atoms with E-state index in [1.54, 1.807) is 10.7 Å². The van der Waals surface area contributed by atoms with Gasteiger partial charge in [0.2, 0.25) is 5.91 Å². The first kappa shape index (κ1) is 25.5. The van der Waals surface area contributed by atoms with Gasteiger partial charge in [-0.25, -0.2) is 4.98 Å². The SMILES string of the molecule is [B]c1cnn2c(NCCCN(C)C(=O)C(c3ccccc3)c3ccccc3)cc(C3C=CC=CC3C)nc12. The maximum atomic E-state index is 13.6. The number of carbonyl (C=O) groups excluding carboxylic acids is 1. The molecule has 1 amide bonds. The summed E-state index contributed by atoms with van der Waals surface area (Å²) < 4.78 is 1.75. The van der Waals surface area contributed by atoms with Gasteiger partial charge in [-0.15, -0.1) is 0 Å². The van der Waals surface area contributed by atoms with Crippen molar-refractivity contribution in [3.63, 3.8) is 0 Å². The van der Waals surface area contributed by atoms with Gasteiger partial charge in [-0.2, -0.15) is 9.61 Å². The maximum Gasteiger partial charge on any atom is 0.234 e. The Hall–Kier alpha value is -4.13. The summed E-state index contributed by atoms with van der Waals surface area (Å²) in [6.07, 6.45) is 10.9. The molecule has 0 saturated carbocycles. The largest absolute Gasteiger partial charge is 0.370 e. The average molecular weight is 501 g/mol. The average Bonchev–Trinajstić information content (AvgIpc) is 3.33. The van der Waals surface area contributed by atoms with Crippen LogP contribution < -0.4 is 10.8 Å². The fourth-order valence-corrected chi connectivity index (χ4v) is 5.01. The number of nitrogens with one attached hydrogen (secondary N) is 1. The Morgan fingerprint density at radius 2 is 1.71 bits per heavy atom. The van der Waals surface area contributed by atoms with Crippen molar-refractivity contribution < 1.29 is 4.79 Å². The summed E-state index contributed by atoms with van der Waals surface area (Å²) in [6.45, 7) is 3.49. The second kappa shape index (κ2) is 11.5. The molecule has 190 valence electrons. The van der Waals surface area contributed by atoms with E-state index >= 15 is 0 Å². The Bertz CT molecular complexity index is 1410. The number of nitrogens with zero attached hydrogens (tertiary/aromatic N) is 4. The normalized spacial score (nSPS) is 16.7. The molecule has 7 heteroatoms. The van der Waals surface area contributed by atoms with Gasteiger partial charge in [-0.3, -0.25) is 4.79 Å². The van der Waals surface area contributed by atoms with Crippen LogP contribution in [0.25, 0.3) is 5.65 Å². The molecule has 2 aromatic heterocycles. The molecule has 0 spiro atoms. The number of carbonyl (C=O) groups is 1. The van der Waals surface area contributed by atoms with Gasteiger partial charge >= 0.3 is 0 Å². The van der Waals surface area contributed by atoms with Crippen LogP contribution in [0.5, 0.6) is 0 Å². The van der Waals surface area contributed by atoms with Crippen molar-refractivity contribution in [2.24, 2.45) is 5.92 Å². The molecule has 5 rings (SSSR count). The molecule has 6 nitrogen and oxygen atoms in total. The Labute approximate surface area is 225 Å². The fraction of sp³-hybridized carbons (Fsp3) is 0.258. The molecule has 0 bridgehead atoms. The number of aromatic nitrogens is 3. The van der Waals surface area contributed by atoms with Gasteiger partial charge in [0.15, 0.2) is 5.65 Å². The quantitative estimate of drug-likeness (QED) is 0.272. The van der Waals surface area contributed by atoms with Crippen molar-refractivity contribution >= 4 is 30.7 Å². The molecule has 2 atom stereocenters. The number of rotatable bonds is 9. The predicted molar refractivity (Wildman–Crippen MR) is 154 cm³/mol. The summed E-state index contributed by atoms with van der Waals surface area (Å²) in [6, 6.07) is 22.0. The Morgan fingerprint density at radius 3 is 2.37 bits per heavy atom. The van der Waals surface area contributed by atoms with E-state index in [4.69, 9.17) is 12.8 Å². The third kappa shape index (κ3) is 5.42. The first-order chi connectivity index (χ1) is 18.5. The Balaban J connectivity index is 1.27. The number of likely N-dealkylation sites (N-methyl/N-ethyl adjacent to an activating group) is 1. The van der Waals surface area contributed by atoms with E-state index in [9.17, 15) is 4.79 Å². The standard InChI is InChI=1S/C31H32BN5O/c1-22-12-9-10-17-25(22)27-20-28(37-30(35-27)26(32)21-34-37)33-18-11-19-36(2)31(38)29(23-13-5-3-6-14-23)24-15-7-4-8-16-24/h3-10,12-17,20-22,25,29,33H,11,18-19H2,1-2H3. The van der Waals surface area contributed by atoms with Crippen LogP contribution in [-0.2, 0) is 4.79 Å². The van der Waals surface area contributed by atoms with E-state index in [2.05, 4.69) is 47.7 Å². The number of hydrogen-bond acceptors (Lipinski definition) is 4. The summed E-state index contributed by atoms with van der Waals surface area (Å²) in [7, 11) is 8.06. The molecule has 2 heterocycles. The number of benzene rings is 2. The second-order valence-corrected chi connectivity index (χ2v) is 9.85. The predicted octanol–water partition coefficient (Wildman–Crippen LogP) is 4.46. The third-order valence-electron chi connectivity index (χ3n) is 7.14. The topological polar surface area (TPSA) is 62.5 Å². The molecule has 1 aliphatic carbocycles. The molecule has 0 fully saturated rings. The summed E-state index contributed by atoms with van der Waals surface area (Å²) in [5.41, 5.74) is 4.16. The summed E-state index contributed by atoms with van der Waals surface area (Å²) in [5.74, 6) is 1.12. The van der Waals surface area contributed by atoms with Crippen LogP contribution in [0, 0.1) is 5.92 Å². The van der Waals surface area contributed by atoms with E-state index < -0.39 is 0 Å². The van der Waals surface area contributed by atoms with Gasteiger partial charge in [-0.1, -0.05) is 91.9 Å². The van der Waals surface area contributed by atoms with Crippen LogP contribution in [-0.4, -0.2) is 53.4 Å². The van der Waals surface area contributed by atoms with E-state index in [0.29, 0.717) is 30.1 Å². The lowest BCUT2D eigenvalue weighted by atomic mass is 9.87. The van der Waals surface area contributed by atoms with Gasteiger partial charge in [0.25, 0.3) is 0 Å². The summed E-state index contributed by atoms with van der Waals surface area (Å²) in [4.78, 5) is 20.2. The van der Waals surface area contributed by atoms with Gasteiger partial charge in [0, 0.05) is 38.3 Å². The molecule has 2 radical (unpaired) electrons. The zero-order chi connectivity index (χ0) is 26.5. The highest BCUT2D eigenvalue weighted by atomic mass is 16.2. The lowest BCUT2D eigenvalue weighted by Gasteiger charge is -2.25. The molecule has 2 aromatic carbocycles. The fourth-order valence-electron chi connectivity index (χ4n) is 5.01. The molecular formula is C31H32BN5O. The van der Waals surface area contributed by atoms with Crippen molar-refractivity contribution in [2.45, 2.75) is 25.2 Å². The molecule has 2 unspecified atom stereocenters. The van der Waals surface area contributed by atoms with Crippen LogP contribution in [0.1, 0.15) is 42.0 Å². The third-order valence-corrected chi connectivity index (χ3v) is 7.14. The van der Waals surface area contributed by atoms with Gasteiger partial charge in [0.05, 0.1) is 11.6 Å². The maximum absolute atomic E-state index is 13.6. The Kier molecular flexibility index (Phi) is 7.73. The highest BCUT2D eigenvalue weighted by Crippen LogP contribution is 2.30. The number of fused-ring (bicyclic) bond motifs is 1. The van der Waals surface area contributed by atoms with Crippen LogP contribution >= 0.6 is 0 Å². The van der Waals surface area contributed by atoms with Crippen molar-refractivity contribution in [3.8, 4) is 0 Å². The van der Waals surface area contributed by atoms with E-state index in [1.165, 1.54) is 0 Å². The van der Waals surface area contributed by atoms with Crippen molar-refractivity contribution in [1.82, 2.24) is 19.5 Å². The van der Waals surface area contributed by atoms with Gasteiger partial charge in [-0.05, 0) is 28.9 Å². The lowest BCUT2D eigenvalue weighted by Crippen LogP contribution is -2.33. The lowest BCUT2D eigenvalue weighted by molar-refractivity contribution is -0.130. The molecule has 0 saturated heterocycles. The molecule has 1 aliphatic rings. The molecule has 38 heavy (non-hydrogen) atoms. The van der Waals surface area contributed by atoms with Gasteiger partial charge < -0.3 is 10.2 Å².